The average Bonchev–Trinajstić information content (AvgIpc) is 2.79. The lowest BCUT2D eigenvalue weighted by Gasteiger charge is -2.28. The summed E-state index contributed by atoms with van der Waals surface area (Å²) in [5.41, 5.74) is 0.178. The van der Waals surface area contributed by atoms with E-state index in [1.54, 1.807) is 6.07 Å². The molecule has 0 bridgehead atoms. The molecule has 1 aliphatic rings. The van der Waals surface area contributed by atoms with E-state index in [0.717, 1.165) is 4.90 Å². The number of carbonyl (C=O) groups excluding carboxylic acids is 1. The monoisotopic (exact) mass is 319 g/mol. The maximum Gasteiger partial charge on any atom is 0.307 e. The molecule has 1 amide bonds. The molecule has 21 heavy (non-hydrogen) atoms. The Morgan fingerprint density at radius 3 is 2.57 bits per heavy atom. The molecule has 0 radical (unpaired) electrons. The van der Waals surface area contributed by atoms with Gasteiger partial charge in [0.1, 0.15) is 11.1 Å². The van der Waals surface area contributed by atoms with E-state index in [1.165, 1.54) is 18.2 Å². The van der Waals surface area contributed by atoms with E-state index in [-0.39, 0.29) is 25.1 Å². The van der Waals surface area contributed by atoms with Crippen LogP contribution in [0.4, 0.5) is 8.28 Å². The van der Waals surface area contributed by atoms with Gasteiger partial charge in [0.2, 0.25) is 5.91 Å². The molecule has 2 rings (SSSR count). The number of nitrogens with zero attached hydrogens (tertiary/aromatic N) is 1. The van der Waals surface area contributed by atoms with Gasteiger partial charge in [-0.05, 0) is 12.5 Å². The van der Waals surface area contributed by atoms with E-state index in [1.807, 2.05) is 0 Å². The van der Waals surface area contributed by atoms with E-state index < -0.39 is 39.7 Å². The second-order valence-corrected chi connectivity index (χ2v) is 6.52. The van der Waals surface area contributed by atoms with Crippen LogP contribution in [0.5, 0.6) is 0 Å². The number of halogens is 2. The summed E-state index contributed by atoms with van der Waals surface area (Å²) in [5.74, 6) is -1.13. The number of aliphatic hydroxyl groups is 1. The van der Waals surface area contributed by atoms with Gasteiger partial charge in [-0.15, -0.1) is 3.89 Å². The first kappa shape index (κ1) is 15.8. The van der Waals surface area contributed by atoms with Gasteiger partial charge in [-0.3, -0.25) is 4.79 Å². The Bertz CT molecular complexity index is 635. The third-order valence-electron chi connectivity index (χ3n) is 3.56. The smallest absolute Gasteiger partial charge is 0.307 e. The van der Waals surface area contributed by atoms with Crippen LogP contribution < -0.4 is 0 Å². The molecule has 2 unspecified atom stereocenters. The fourth-order valence-corrected chi connectivity index (χ4v) is 3.21. The molecule has 0 spiro atoms. The van der Waals surface area contributed by atoms with E-state index >= 15 is 0 Å². The minimum Gasteiger partial charge on any atom is -0.396 e. The number of likely N-dealkylation sites (tertiary alicyclic amines) is 1. The normalized spacial score (nSPS) is 20.8. The molecule has 1 fully saturated rings. The van der Waals surface area contributed by atoms with Gasteiger partial charge in [-0.2, -0.15) is 8.42 Å². The molecule has 1 N–H and O–H groups in total. The standard InChI is InChI=1S/C13H15F2NO4S/c14-11-4-2-1-3-10(11)12(5-6-17)16-8-9(7-13(16)18)21(15,19)20/h1-4,9,12,17H,5-8H2. The van der Waals surface area contributed by atoms with Crippen molar-refractivity contribution in [2.75, 3.05) is 13.2 Å². The molecule has 0 aromatic heterocycles. The first-order valence-corrected chi connectivity index (χ1v) is 7.87. The van der Waals surface area contributed by atoms with Crippen molar-refractivity contribution < 1.29 is 26.6 Å². The van der Waals surface area contributed by atoms with Crippen LogP contribution in [-0.4, -0.2) is 42.7 Å². The third-order valence-corrected chi connectivity index (χ3v) is 4.68. The second kappa shape index (κ2) is 6.07. The fourth-order valence-electron chi connectivity index (χ4n) is 2.53. The molecule has 1 aromatic carbocycles. The van der Waals surface area contributed by atoms with Crippen molar-refractivity contribution in [1.29, 1.82) is 0 Å². The van der Waals surface area contributed by atoms with Crippen molar-refractivity contribution in [3.63, 3.8) is 0 Å². The quantitative estimate of drug-likeness (QED) is 0.826. The summed E-state index contributed by atoms with van der Waals surface area (Å²) in [5, 5.41) is 7.68. The fraction of sp³-hybridized carbons (Fsp3) is 0.462. The van der Waals surface area contributed by atoms with Gasteiger partial charge in [0.15, 0.2) is 0 Å². The minimum absolute atomic E-state index is 0.0473. The zero-order valence-corrected chi connectivity index (χ0v) is 11.9. The summed E-state index contributed by atoms with van der Waals surface area (Å²) in [6.45, 7) is -0.646. The van der Waals surface area contributed by atoms with E-state index in [4.69, 9.17) is 5.11 Å². The Hall–Kier alpha value is -1.54. The summed E-state index contributed by atoms with van der Waals surface area (Å²) in [7, 11) is -4.83. The van der Waals surface area contributed by atoms with Crippen LogP contribution in [0, 0.1) is 5.82 Å². The van der Waals surface area contributed by atoms with Gasteiger partial charge in [-0.25, -0.2) is 4.39 Å². The van der Waals surface area contributed by atoms with Gasteiger partial charge >= 0.3 is 10.2 Å². The molecular weight excluding hydrogens is 304 g/mol. The van der Waals surface area contributed by atoms with Crippen LogP contribution >= 0.6 is 0 Å². The van der Waals surface area contributed by atoms with Crippen molar-refractivity contribution in [1.82, 2.24) is 4.90 Å². The number of rotatable bonds is 5. The lowest BCUT2D eigenvalue weighted by molar-refractivity contribution is -0.130. The van der Waals surface area contributed by atoms with Gasteiger partial charge in [0.05, 0.1) is 6.04 Å². The van der Waals surface area contributed by atoms with Gasteiger partial charge in [-0.1, -0.05) is 18.2 Å². The van der Waals surface area contributed by atoms with Crippen molar-refractivity contribution in [3.05, 3.63) is 35.6 Å². The summed E-state index contributed by atoms with van der Waals surface area (Å²) in [4.78, 5) is 13.0. The summed E-state index contributed by atoms with van der Waals surface area (Å²) >= 11 is 0. The number of hydrogen-bond donors (Lipinski definition) is 1. The van der Waals surface area contributed by atoms with Gasteiger partial charge < -0.3 is 10.0 Å². The maximum atomic E-state index is 13.9. The zero-order valence-electron chi connectivity index (χ0n) is 11.1. The van der Waals surface area contributed by atoms with E-state index in [9.17, 15) is 21.5 Å². The van der Waals surface area contributed by atoms with Crippen LogP contribution in [0.2, 0.25) is 0 Å². The van der Waals surface area contributed by atoms with Crippen molar-refractivity contribution in [2.24, 2.45) is 0 Å². The zero-order chi connectivity index (χ0) is 15.6. The number of hydrogen-bond acceptors (Lipinski definition) is 4. The van der Waals surface area contributed by atoms with Crippen molar-refractivity contribution >= 4 is 16.1 Å². The Morgan fingerprint density at radius 2 is 2.05 bits per heavy atom. The highest BCUT2D eigenvalue weighted by atomic mass is 32.3. The topological polar surface area (TPSA) is 74.7 Å². The lowest BCUT2D eigenvalue weighted by atomic mass is 10.0. The average molecular weight is 319 g/mol. The first-order chi connectivity index (χ1) is 9.84. The van der Waals surface area contributed by atoms with Gasteiger partial charge in [0.25, 0.3) is 0 Å². The molecule has 116 valence electrons. The van der Waals surface area contributed by atoms with Crippen LogP contribution in [0.15, 0.2) is 24.3 Å². The molecule has 5 nitrogen and oxygen atoms in total. The molecule has 0 aliphatic carbocycles. The molecule has 1 saturated heterocycles. The number of benzene rings is 1. The highest BCUT2D eigenvalue weighted by molar-refractivity contribution is 7.87. The first-order valence-electron chi connectivity index (χ1n) is 6.43. The third kappa shape index (κ3) is 3.38. The number of carbonyl (C=O) groups is 1. The lowest BCUT2D eigenvalue weighted by Crippen LogP contribution is -2.32. The van der Waals surface area contributed by atoms with Crippen LogP contribution in [0.3, 0.4) is 0 Å². The Morgan fingerprint density at radius 1 is 1.38 bits per heavy atom. The highest BCUT2D eigenvalue weighted by Crippen LogP contribution is 2.32. The summed E-state index contributed by atoms with van der Waals surface area (Å²) in [6, 6.07) is 4.92. The minimum atomic E-state index is -4.83. The van der Waals surface area contributed by atoms with Gasteiger partial charge in [0, 0.05) is 25.1 Å². The number of aliphatic hydroxyl groups excluding tert-OH is 1. The molecule has 0 saturated carbocycles. The largest absolute Gasteiger partial charge is 0.396 e. The number of amides is 1. The molecule has 1 aliphatic heterocycles. The van der Waals surface area contributed by atoms with Crippen LogP contribution in [0.25, 0.3) is 0 Å². The maximum absolute atomic E-state index is 13.9. The van der Waals surface area contributed by atoms with Crippen molar-refractivity contribution in [3.8, 4) is 0 Å². The molecule has 2 atom stereocenters. The predicted molar refractivity (Wildman–Crippen MR) is 71.0 cm³/mol. The van der Waals surface area contributed by atoms with Crippen LogP contribution in [0.1, 0.15) is 24.4 Å². The highest BCUT2D eigenvalue weighted by Gasteiger charge is 2.41. The predicted octanol–water partition coefficient (Wildman–Crippen LogP) is 1.15. The second-order valence-electron chi connectivity index (χ2n) is 4.90. The SMILES string of the molecule is O=C1CC(S(=O)(=O)F)CN1C(CCO)c1ccccc1F. The molecular formula is C13H15F2NO4S. The van der Waals surface area contributed by atoms with Crippen LogP contribution in [-0.2, 0) is 15.0 Å². The molecule has 8 heteroatoms. The van der Waals surface area contributed by atoms with E-state index in [2.05, 4.69) is 0 Å². The summed E-state index contributed by atoms with van der Waals surface area (Å²) in [6.07, 6.45) is -0.416. The Balaban J connectivity index is 2.32. The Labute approximate surface area is 121 Å². The Kier molecular flexibility index (Phi) is 4.58. The molecule has 1 heterocycles. The van der Waals surface area contributed by atoms with E-state index in [0.29, 0.717) is 0 Å². The van der Waals surface area contributed by atoms with Crippen molar-refractivity contribution in [2.45, 2.75) is 24.1 Å². The molecule has 1 aromatic rings. The summed E-state index contributed by atoms with van der Waals surface area (Å²) < 4.78 is 48.8.